The van der Waals surface area contributed by atoms with E-state index in [-0.39, 0.29) is 23.9 Å². The summed E-state index contributed by atoms with van der Waals surface area (Å²) >= 11 is 0. The molecule has 5 atom stereocenters. The smallest absolute Gasteiger partial charge is 0.181 e. The van der Waals surface area contributed by atoms with E-state index in [1.165, 1.54) is 0 Å². The van der Waals surface area contributed by atoms with E-state index in [1.54, 1.807) is 0 Å². The minimum atomic E-state index is -0.813. The van der Waals surface area contributed by atoms with Crippen LogP contribution in [0.15, 0.2) is 0 Å². The first kappa shape index (κ1) is 11.4. The van der Waals surface area contributed by atoms with Crippen molar-refractivity contribution in [1.82, 2.24) is 0 Å². The van der Waals surface area contributed by atoms with Crippen LogP contribution < -0.4 is 0 Å². The van der Waals surface area contributed by atoms with Gasteiger partial charge in [-0.2, -0.15) is 5.26 Å². The van der Waals surface area contributed by atoms with Crippen molar-refractivity contribution in [3.8, 4) is 6.07 Å². The number of aliphatic hydroxyl groups is 1. The number of nitrogens with zero attached hydrogens (tertiary/aromatic N) is 1. The van der Waals surface area contributed by atoms with Crippen LogP contribution in [0, 0.1) is 11.3 Å². The molecule has 1 N–H and O–H groups in total. The second kappa shape index (κ2) is 4.21. The van der Waals surface area contributed by atoms with Crippen molar-refractivity contribution in [3.05, 3.63) is 0 Å². The largest absolute Gasteiger partial charge is 0.366 e. The third-order valence-electron chi connectivity index (χ3n) is 4.02. The molecule has 0 aliphatic carbocycles. The van der Waals surface area contributed by atoms with Gasteiger partial charge in [0.2, 0.25) is 0 Å². The van der Waals surface area contributed by atoms with E-state index in [2.05, 4.69) is 6.07 Å². The molecule has 2 bridgehead atoms. The Labute approximate surface area is 100 Å². The maximum absolute atomic E-state index is 9.60. The van der Waals surface area contributed by atoms with E-state index in [9.17, 15) is 5.11 Å². The number of hydrogen-bond acceptors (Lipinski definition) is 5. The molecule has 3 fully saturated rings. The number of hydrogen-bond donors (Lipinski definition) is 1. The lowest BCUT2D eigenvalue weighted by Gasteiger charge is -2.42. The highest BCUT2D eigenvalue weighted by Gasteiger charge is 2.58. The van der Waals surface area contributed by atoms with Gasteiger partial charge >= 0.3 is 0 Å². The summed E-state index contributed by atoms with van der Waals surface area (Å²) in [5, 5.41) is 18.2. The highest BCUT2D eigenvalue weighted by molar-refractivity contribution is 5.04. The van der Waals surface area contributed by atoms with Crippen LogP contribution in [0.5, 0.6) is 0 Å². The zero-order valence-corrected chi connectivity index (χ0v) is 9.67. The predicted octanol–water partition coefficient (Wildman–Crippen LogP) is 0.714. The number of fused-ring (bicyclic) bond motifs is 1. The number of ether oxygens (including phenoxy) is 3. The van der Waals surface area contributed by atoms with Crippen LogP contribution in [-0.2, 0) is 14.2 Å². The fourth-order valence-corrected chi connectivity index (χ4v) is 3.15. The molecule has 5 heteroatoms. The van der Waals surface area contributed by atoms with Crippen LogP contribution in [0.3, 0.4) is 0 Å². The Morgan fingerprint density at radius 2 is 2.29 bits per heavy atom. The summed E-state index contributed by atoms with van der Waals surface area (Å²) in [6.07, 6.45) is 2.99. The Balaban J connectivity index is 1.70. The maximum atomic E-state index is 9.60. The van der Waals surface area contributed by atoms with Crippen molar-refractivity contribution in [3.63, 3.8) is 0 Å². The lowest BCUT2D eigenvalue weighted by Crippen LogP contribution is -2.53. The fourth-order valence-electron chi connectivity index (χ4n) is 3.15. The highest BCUT2D eigenvalue weighted by Crippen LogP contribution is 2.46. The van der Waals surface area contributed by atoms with Crippen molar-refractivity contribution in [2.45, 2.75) is 62.3 Å². The molecule has 0 aromatic rings. The summed E-state index contributed by atoms with van der Waals surface area (Å²) in [5.74, 6) is 0. The fraction of sp³-hybridized carbons (Fsp3) is 0.917. The molecular weight excluding hydrogens is 222 g/mol. The van der Waals surface area contributed by atoms with Crippen molar-refractivity contribution < 1.29 is 19.3 Å². The van der Waals surface area contributed by atoms with E-state index < -0.39 is 6.29 Å². The molecule has 0 radical (unpaired) electrons. The summed E-state index contributed by atoms with van der Waals surface area (Å²) in [7, 11) is 0. The van der Waals surface area contributed by atoms with Crippen LogP contribution in [-0.4, -0.2) is 41.9 Å². The quantitative estimate of drug-likeness (QED) is 0.768. The van der Waals surface area contributed by atoms with Gasteiger partial charge in [0.15, 0.2) is 6.29 Å². The van der Waals surface area contributed by atoms with Gasteiger partial charge in [-0.05, 0) is 19.3 Å². The maximum Gasteiger partial charge on any atom is 0.181 e. The van der Waals surface area contributed by atoms with Crippen molar-refractivity contribution in [2.75, 3.05) is 6.61 Å². The van der Waals surface area contributed by atoms with Crippen LogP contribution >= 0.6 is 0 Å². The third-order valence-corrected chi connectivity index (χ3v) is 4.02. The van der Waals surface area contributed by atoms with Gasteiger partial charge in [-0.25, -0.2) is 0 Å². The van der Waals surface area contributed by atoms with Gasteiger partial charge in [0.05, 0.1) is 24.9 Å². The molecule has 94 valence electrons. The van der Waals surface area contributed by atoms with Gasteiger partial charge in [0.25, 0.3) is 0 Å². The summed E-state index contributed by atoms with van der Waals surface area (Å²) in [6, 6.07) is 2.15. The predicted molar refractivity (Wildman–Crippen MR) is 56.9 cm³/mol. The molecule has 5 nitrogen and oxygen atoms in total. The van der Waals surface area contributed by atoms with Crippen LogP contribution in [0.25, 0.3) is 0 Å². The molecule has 17 heavy (non-hydrogen) atoms. The van der Waals surface area contributed by atoms with Crippen LogP contribution in [0.2, 0.25) is 0 Å². The van der Waals surface area contributed by atoms with Gasteiger partial charge < -0.3 is 19.3 Å². The summed E-state index contributed by atoms with van der Waals surface area (Å²) in [5.41, 5.74) is -0.373. The summed E-state index contributed by atoms with van der Waals surface area (Å²) < 4.78 is 17.2. The molecular formula is C12H17NO4. The second-order valence-corrected chi connectivity index (χ2v) is 5.15. The monoisotopic (exact) mass is 239 g/mol. The zero-order chi connectivity index (χ0) is 11.9. The Hall–Kier alpha value is -0.670. The average Bonchev–Trinajstić information content (AvgIpc) is 2.66. The van der Waals surface area contributed by atoms with Crippen molar-refractivity contribution >= 4 is 0 Å². The molecule has 3 rings (SSSR count). The van der Waals surface area contributed by atoms with E-state index in [0.717, 1.165) is 19.3 Å². The van der Waals surface area contributed by atoms with E-state index >= 15 is 0 Å². The lowest BCUT2D eigenvalue weighted by atomic mass is 9.85. The van der Waals surface area contributed by atoms with Gasteiger partial charge in [-0.15, -0.1) is 0 Å². The lowest BCUT2D eigenvalue weighted by molar-refractivity contribution is -0.222. The molecule has 3 aliphatic rings. The number of aliphatic hydroxyl groups excluding tert-OH is 1. The first-order valence-corrected chi connectivity index (χ1v) is 6.23. The van der Waals surface area contributed by atoms with Crippen molar-refractivity contribution in [1.29, 1.82) is 5.26 Å². The second-order valence-electron chi connectivity index (χ2n) is 5.15. The van der Waals surface area contributed by atoms with Gasteiger partial charge in [0, 0.05) is 12.8 Å². The Morgan fingerprint density at radius 1 is 1.41 bits per heavy atom. The molecule has 0 amide bonds. The molecule has 0 aromatic heterocycles. The zero-order valence-electron chi connectivity index (χ0n) is 9.67. The SMILES string of the molecule is N#CCCC1CC[C@@H]2OC3C[C@]2(COC3O)O1. The average molecular weight is 239 g/mol. The van der Waals surface area contributed by atoms with Crippen LogP contribution in [0.4, 0.5) is 0 Å². The Kier molecular flexibility index (Phi) is 2.83. The molecule has 3 heterocycles. The molecule has 0 aromatic carbocycles. The topological polar surface area (TPSA) is 71.7 Å². The minimum Gasteiger partial charge on any atom is -0.366 e. The summed E-state index contributed by atoms with van der Waals surface area (Å²) in [6.45, 7) is 0.401. The summed E-state index contributed by atoms with van der Waals surface area (Å²) in [4.78, 5) is 0. The third kappa shape index (κ3) is 1.85. The standard InChI is InChI=1S/C12H17NO4/c13-5-1-2-8-3-4-10-12(17-8)6-9(16-10)11(14)15-7-12/h8-11,14H,1-4,6-7H2/t8?,9?,10-,11?,12+/m0/s1. The van der Waals surface area contributed by atoms with E-state index in [0.29, 0.717) is 19.4 Å². The van der Waals surface area contributed by atoms with Gasteiger partial charge in [-0.3, -0.25) is 0 Å². The van der Waals surface area contributed by atoms with E-state index in [1.807, 2.05) is 0 Å². The molecule has 0 saturated carbocycles. The highest BCUT2D eigenvalue weighted by atomic mass is 16.7. The molecule has 3 aliphatic heterocycles. The van der Waals surface area contributed by atoms with Crippen LogP contribution in [0.1, 0.15) is 32.1 Å². The van der Waals surface area contributed by atoms with Gasteiger partial charge in [-0.1, -0.05) is 0 Å². The minimum absolute atomic E-state index is 0.0444. The Bertz CT molecular complexity index is 342. The first-order chi connectivity index (χ1) is 8.23. The molecule has 3 saturated heterocycles. The number of rotatable bonds is 2. The molecule has 1 spiro atoms. The van der Waals surface area contributed by atoms with Gasteiger partial charge in [0.1, 0.15) is 11.7 Å². The van der Waals surface area contributed by atoms with E-state index in [4.69, 9.17) is 19.5 Å². The first-order valence-electron chi connectivity index (χ1n) is 6.23. The Morgan fingerprint density at radius 3 is 3.12 bits per heavy atom. The normalized spacial score (nSPS) is 48.5. The van der Waals surface area contributed by atoms with Crippen molar-refractivity contribution in [2.24, 2.45) is 0 Å². The molecule has 3 unspecified atom stereocenters. The number of nitriles is 1.